The summed E-state index contributed by atoms with van der Waals surface area (Å²) in [6, 6.07) is 23.0. The summed E-state index contributed by atoms with van der Waals surface area (Å²) < 4.78 is 5.59. The van der Waals surface area contributed by atoms with Crippen molar-refractivity contribution in [1.29, 1.82) is 0 Å². The lowest BCUT2D eigenvalue weighted by molar-refractivity contribution is -0.130. The van der Waals surface area contributed by atoms with E-state index in [9.17, 15) is 14.7 Å². The molecule has 5 heteroatoms. The molecule has 5 nitrogen and oxygen atoms in total. The largest absolute Gasteiger partial charge is 0.508 e. The third-order valence-electron chi connectivity index (χ3n) is 4.81. The molecular formula is C24H21NO4. The van der Waals surface area contributed by atoms with Crippen molar-refractivity contribution in [3.05, 3.63) is 90.0 Å². The van der Waals surface area contributed by atoms with Crippen LogP contribution in [0.25, 0.3) is 11.1 Å². The van der Waals surface area contributed by atoms with Gasteiger partial charge in [0.1, 0.15) is 5.75 Å². The van der Waals surface area contributed by atoms with E-state index in [0.29, 0.717) is 11.1 Å². The van der Waals surface area contributed by atoms with E-state index in [1.807, 2.05) is 30.3 Å². The van der Waals surface area contributed by atoms with E-state index in [2.05, 4.69) is 5.32 Å². The minimum Gasteiger partial charge on any atom is -0.508 e. The lowest BCUT2D eigenvalue weighted by Crippen LogP contribution is -2.33. The van der Waals surface area contributed by atoms with Crippen molar-refractivity contribution < 1.29 is 19.4 Å². The second-order valence-corrected chi connectivity index (χ2v) is 7.10. The maximum atomic E-state index is 12.7. The van der Waals surface area contributed by atoms with Gasteiger partial charge in [-0.2, -0.15) is 0 Å². The summed E-state index contributed by atoms with van der Waals surface area (Å²) in [6.45, 7) is 0. The van der Waals surface area contributed by atoms with Gasteiger partial charge in [-0.3, -0.25) is 4.79 Å². The Morgan fingerprint density at radius 1 is 0.862 bits per heavy atom. The van der Waals surface area contributed by atoms with Gasteiger partial charge < -0.3 is 15.2 Å². The molecule has 1 atom stereocenters. The van der Waals surface area contributed by atoms with Crippen LogP contribution in [0.1, 0.15) is 34.9 Å². The molecule has 2 N–H and O–H groups in total. The van der Waals surface area contributed by atoms with Crippen LogP contribution in [0.5, 0.6) is 5.75 Å². The maximum absolute atomic E-state index is 12.7. The topological polar surface area (TPSA) is 75.6 Å². The summed E-state index contributed by atoms with van der Waals surface area (Å²) in [5.41, 5.74) is 2.84. The predicted octanol–water partition coefficient (Wildman–Crippen LogP) is 4.24. The lowest BCUT2D eigenvalue weighted by Gasteiger charge is -2.18. The quantitative estimate of drug-likeness (QED) is 0.621. The fourth-order valence-electron chi connectivity index (χ4n) is 3.03. The van der Waals surface area contributed by atoms with Gasteiger partial charge in [0.15, 0.2) is 0 Å². The van der Waals surface area contributed by atoms with Crippen molar-refractivity contribution in [2.24, 2.45) is 0 Å². The van der Waals surface area contributed by atoms with E-state index in [4.69, 9.17) is 4.74 Å². The summed E-state index contributed by atoms with van der Waals surface area (Å²) >= 11 is 0. The first-order valence-electron chi connectivity index (χ1n) is 9.56. The number of ether oxygens (including phenoxy) is 1. The highest BCUT2D eigenvalue weighted by molar-refractivity contribution is 5.93. The molecule has 0 heterocycles. The first kappa shape index (κ1) is 18.7. The summed E-state index contributed by atoms with van der Waals surface area (Å²) in [5.74, 6) is -0.653. The van der Waals surface area contributed by atoms with Gasteiger partial charge in [-0.05, 0) is 48.2 Å². The number of hydrogen-bond acceptors (Lipinski definition) is 4. The Morgan fingerprint density at radius 3 is 2.03 bits per heavy atom. The van der Waals surface area contributed by atoms with E-state index in [1.165, 1.54) is 0 Å². The zero-order valence-electron chi connectivity index (χ0n) is 15.7. The second kappa shape index (κ2) is 8.19. The molecule has 1 aliphatic carbocycles. The van der Waals surface area contributed by atoms with Crippen LogP contribution in [0, 0.1) is 0 Å². The summed E-state index contributed by atoms with van der Waals surface area (Å²) in [5, 5.41) is 12.3. The molecule has 1 saturated carbocycles. The Hall–Kier alpha value is -3.60. The second-order valence-electron chi connectivity index (χ2n) is 7.10. The fraction of sp³-hybridized carbons (Fsp3) is 0.167. The van der Waals surface area contributed by atoms with Crippen LogP contribution in [0.15, 0.2) is 78.9 Å². The van der Waals surface area contributed by atoms with Gasteiger partial charge in [0, 0.05) is 11.6 Å². The number of carbonyl (C=O) groups excluding carboxylic acids is 2. The van der Waals surface area contributed by atoms with Crippen molar-refractivity contribution in [2.75, 3.05) is 0 Å². The number of nitrogens with one attached hydrogen (secondary N) is 1. The number of phenolic OH excluding ortho intramolecular Hbond substituents is 1. The standard InChI is InChI=1S/C24H21NO4/c26-21-14-10-17(11-15-21)16-6-8-19(9-7-16)24(28)29-22(18-4-2-1-3-5-18)23(27)25-20-12-13-20/h1-11,14-15,20,22,26H,12-13H2,(H,25,27)/t22-/m0/s1. The van der Waals surface area contributed by atoms with Gasteiger partial charge in [-0.25, -0.2) is 4.79 Å². The average Bonchev–Trinajstić information content (AvgIpc) is 3.57. The molecule has 0 saturated heterocycles. The molecule has 1 aliphatic rings. The number of hydrogen-bond donors (Lipinski definition) is 2. The average molecular weight is 387 g/mol. The molecule has 0 bridgehead atoms. The van der Waals surface area contributed by atoms with E-state index < -0.39 is 12.1 Å². The Kier molecular flexibility index (Phi) is 5.29. The molecule has 3 aromatic carbocycles. The molecule has 4 rings (SSSR count). The number of esters is 1. The van der Waals surface area contributed by atoms with Gasteiger partial charge >= 0.3 is 5.97 Å². The van der Waals surface area contributed by atoms with Gasteiger partial charge in [0.2, 0.25) is 6.10 Å². The number of benzene rings is 3. The highest BCUT2D eigenvalue weighted by atomic mass is 16.5. The van der Waals surface area contributed by atoms with Gasteiger partial charge in [0.05, 0.1) is 5.56 Å². The Bertz CT molecular complexity index is 993. The number of phenols is 1. The number of rotatable bonds is 6. The Morgan fingerprint density at radius 2 is 1.45 bits per heavy atom. The smallest absolute Gasteiger partial charge is 0.339 e. The molecule has 0 radical (unpaired) electrons. The van der Waals surface area contributed by atoms with Crippen molar-refractivity contribution in [3.8, 4) is 16.9 Å². The van der Waals surface area contributed by atoms with Gasteiger partial charge in [-0.1, -0.05) is 54.6 Å². The third-order valence-corrected chi connectivity index (χ3v) is 4.81. The van der Waals surface area contributed by atoms with E-state index in [-0.39, 0.29) is 17.7 Å². The zero-order chi connectivity index (χ0) is 20.2. The summed E-state index contributed by atoms with van der Waals surface area (Å²) in [7, 11) is 0. The van der Waals surface area contributed by atoms with Crippen LogP contribution in [0.4, 0.5) is 0 Å². The fourth-order valence-corrected chi connectivity index (χ4v) is 3.03. The normalized spacial score (nSPS) is 14.1. The highest BCUT2D eigenvalue weighted by Crippen LogP contribution is 2.25. The van der Waals surface area contributed by atoms with Crippen molar-refractivity contribution in [2.45, 2.75) is 25.0 Å². The highest BCUT2D eigenvalue weighted by Gasteiger charge is 2.31. The van der Waals surface area contributed by atoms with Crippen LogP contribution in [0.2, 0.25) is 0 Å². The van der Waals surface area contributed by atoms with E-state index >= 15 is 0 Å². The molecule has 29 heavy (non-hydrogen) atoms. The number of amides is 1. The predicted molar refractivity (Wildman–Crippen MR) is 109 cm³/mol. The van der Waals surface area contributed by atoms with Gasteiger partial charge in [0.25, 0.3) is 5.91 Å². The third kappa shape index (κ3) is 4.63. The molecular weight excluding hydrogens is 366 g/mol. The van der Waals surface area contributed by atoms with Crippen molar-refractivity contribution in [1.82, 2.24) is 5.32 Å². The first-order valence-corrected chi connectivity index (χ1v) is 9.56. The van der Waals surface area contributed by atoms with E-state index in [0.717, 1.165) is 24.0 Å². The number of aromatic hydroxyl groups is 1. The van der Waals surface area contributed by atoms with Crippen LogP contribution >= 0.6 is 0 Å². The molecule has 1 amide bonds. The van der Waals surface area contributed by atoms with Crippen molar-refractivity contribution in [3.63, 3.8) is 0 Å². The monoisotopic (exact) mass is 387 g/mol. The lowest BCUT2D eigenvalue weighted by atomic mass is 10.0. The molecule has 1 fully saturated rings. The Labute approximate surface area is 169 Å². The molecule has 3 aromatic rings. The first-order chi connectivity index (χ1) is 14.1. The minimum atomic E-state index is -0.985. The molecule has 146 valence electrons. The minimum absolute atomic E-state index is 0.178. The maximum Gasteiger partial charge on any atom is 0.339 e. The zero-order valence-corrected chi connectivity index (χ0v) is 15.7. The molecule has 0 spiro atoms. The Balaban J connectivity index is 1.50. The van der Waals surface area contributed by atoms with Crippen LogP contribution < -0.4 is 5.32 Å². The SMILES string of the molecule is O=C(O[C@H](C(=O)NC1CC1)c1ccccc1)c1ccc(-c2ccc(O)cc2)cc1. The molecule has 0 aromatic heterocycles. The number of carbonyl (C=O) groups is 2. The van der Waals surface area contributed by atoms with Crippen LogP contribution in [-0.2, 0) is 9.53 Å². The van der Waals surface area contributed by atoms with Crippen LogP contribution in [0.3, 0.4) is 0 Å². The summed E-state index contributed by atoms with van der Waals surface area (Å²) in [4.78, 5) is 25.3. The van der Waals surface area contributed by atoms with Crippen LogP contribution in [-0.4, -0.2) is 23.0 Å². The molecule has 0 aliphatic heterocycles. The van der Waals surface area contributed by atoms with Crippen molar-refractivity contribution >= 4 is 11.9 Å². The van der Waals surface area contributed by atoms with E-state index in [1.54, 1.807) is 48.5 Å². The van der Waals surface area contributed by atoms with Gasteiger partial charge in [-0.15, -0.1) is 0 Å². The summed E-state index contributed by atoms with van der Waals surface area (Å²) in [6.07, 6.45) is 0.931. The molecule has 0 unspecified atom stereocenters.